The van der Waals surface area contributed by atoms with Crippen LogP contribution in [0.4, 0.5) is 0 Å². The Bertz CT molecular complexity index is 127. The number of hydrogen-bond donors (Lipinski definition) is 2. The van der Waals surface area contributed by atoms with Crippen molar-refractivity contribution < 1.29 is 4.48 Å². The normalized spacial score (nSPS) is 21.7. The number of nitrogens with zero attached hydrogens (tertiary/aromatic N) is 1. The van der Waals surface area contributed by atoms with Gasteiger partial charge < -0.3 is 10.2 Å². The molecule has 0 aromatic heterocycles. The molecule has 1 aliphatic rings. The van der Waals surface area contributed by atoms with Crippen molar-refractivity contribution in [2.24, 2.45) is 5.73 Å². The lowest BCUT2D eigenvalue weighted by Gasteiger charge is -2.41. The molecule has 2 N–H and O–H groups in total. The summed E-state index contributed by atoms with van der Waals surface area (Å²) >= 11 is 4.36. The van der Waals surface area contributed by atoms with Gasteiger partial charge in [-0.3, -0.25) is 0 Å². The first-order chi connectivity index (χ1) is 6.33. The van der Waals surface area contributed by atoms with Crippen molar-refractivity contribution in [3.63, 3.8) is 0 Å². The van der Waals surface area contributed by atoms with Crippen LogP contribution in [0, 0.1) is 0 Å². The van der Waals surface area contributed by atoms with Crippen LogP contribution in [-0.4, -0.2) is 43.0 Å². The summed E-state index contributed by atoms with van der Waals surface area (Å²) in [6.07, 6.45) is 5.40. The van der Waals surface area contributed by atoms with Gasteiger partial charge >= 0.3 is 0 Å². The van der Waals surface area contributed by atoms with Crippen LogP contribution in [0.2, 0.25) is 0 Å². The van der Waals surface area contributed by atoms with E-state index in [-0.39, 0.29) is 0 Å². The summed E-state index contributed by atoms with van der Waals surface area (Å²) in [5, 5.41) is 0. The summed E-state index contributed by atoms with van der Waals surface area (Å²) in [5.41, 5.74) is 5.57. The number of likely N-dealkylation sites (tertiary alicyclic amines) is 1. The molecule has 2 nitrogen and oxygen atoms in total. The Kier molecular flexibility index (Phi) is 5.14. The highest BCUT2D eigenvalue weighted by Crippen LogP contribution is 2.19. The highest BCUT2D eigenvalue weighted by molar-refractivity contribution is 7.80. The third-order valence-electron chi connectivity index (χ3n) is 3.18. The maximum Gasteiger partial charge on any atom is 0.0876 e. The second kappa shape index (κ2) is 5.89. The highest BCUT2D eigenvalue weighted by atomic mass is 32.1. The average Bonchev–Trinajstić information content (AvgIpc) is 2.17. The molecule has 0 aromatic carbocycles. The van der Waals surface area contributed by atoms with Crippen molar-refractivity contribution in [3.8, 4) is 0 Å². The molecule has 0 amide bonds. The Morgan fingerprint density at radius 1 is 1.08 bits per heavy atom. The summed E-state index contributed by atoms with van der Waals surface area (Å²) in [7, 11) is 0. The molecule has 1 fully saturated rings. The summed E-state index contributed by atoms with van der Waals surface area (Å²) in [4.78, 5) is 0. The van der Waals surface area contributed by atoms with E-state index < -0.39 is 0 Å². The monoisotopic (exact) mass is 203 g/mol. The molecule has 1 rings (SSSR count). The van der Waals surface area contributed by atoms with Gasteiger partial charge in [-0.25, -0.2) is 0 Å². The lowest BCUT2D eigenvalue weighted by molar-refractivity contribution is -0.930. The molecular formula is C10H23N2S+. The number of rotatable bonds is 5. The van der Waals surface area contributed by atoms with Crippen LogP contribution in [0.3, 0.4) is 0 Å². The molecule has 0 spiro atoms. The van der Waals surface area contributed by atoms with Gasteiger partial charge in [0.05, 0.1) is 26.2 Å². The van der Waals surface area contributed by atoms with Gasteiger partial charge in [0.1, 0.15) is 0 Å². The van der Waals surface area contributed by atoms with Crippen molar-refractivity contribution in [1.29, 1.82) is 0 Å². The predicted octanol–water partition coefficient (Wildman–Crippen LogP) is 1.27. The van der Waals surface area contributed by atoms with Crippen LogP contribution in [0.5, 0.6) is 0 Å². The maximum atomic E-state index is 5.57. The Morgan fingerprint density at radius 2 is 1.77 bits per heavy atom. The zero-order valence-electron chi connectivity index (χ0n) is 8.54. The third kappa shape index (κ3) is 3.49. The summed E-state index contributed by atoms with van der Waals surface area (Å²) < 4.78 is 1.29. The van der Waals surface area contributed by atoms with Crippen LogP contribution in [0.1, 0.15) is 25.7 Å². The fraction of sp³-hybridized carbons (Fsp3) is 1.00. The second-order valence-electron chi connectivity index (χ2n) is 4.16. The fourth-order valence-corrected chi connectivity index (χ4v) is 2.81. The van der Waals surface area contributed by atoms with Gasteiger partial charge in [0.15, 0.2) is 0 Å². The first kappa shape index (κ1) is 11.3. The molecule has 1 saturated heterocycles. The SMILES string of the molecule is NCCC[N+]1(CCS)CCCCC1. The fourth-order valence-electron chi connectivity index (χ4n) is 2.38. The number of hydrogen-bond acceptors (Lipinski definition) is 2. The van der Waals surface area contributed by atoms with E-state index in [4.69, 9.17) is 5.73 Å². The van der Waals surface area contributed by atoms with Crippen molar-refractivity contribution >= 4 is 12.6 Å². The van der Waals surface area contributed by atoms with Crippen LogP contribution in [-0.2, 0) is 0 Å². The van der Waals surface area contributed by atoms with E-state index in [0.29, 0.717) is 0 Å². The predicted molar refractivity (Wildman–Crippen MR) is 61.1 cm³/mol. The largest absolute Gasteiger partial charge is 0.330 e. The quantitative estimate of drug-likeness (QED) is 0.511. The topological polar surface area (TPSA) is 26.0 Å². The number of piperidine rings is 1. The van der Waals surface area contributed by atoms with Gasteiger partial charge in [-0.15, -0.1) is 0 Å². The molecule has 0 unspecified atom stereocenters. The molecule has 1 heterocycles. The van der Waals surface area contributed by atoms with Gasteiger partial charge in [0.25, 0.3) is 0 Å². The molecule has 0 aromatic rings. The zero-order valence-corrected chi connectivity index (χ0v) is 9.44. The lowest BCUT2D eigenvalue weighted by Crippen LogP contribution is -2.53. The van der Waals surface area contributed by atoms with Crippen LogP contribution in [0.15, 0.2) is 0 Å². The Morgan fingerprint density at radius 3 is 2.31 bits per heavy atom. The first-order valence-electron chi connectivity index (χ1n) is 5.49. The van der Waals surface area contributed by atoms with Crippen molar-refractivity contribution in [2.45, 2.75) is 25.7 Å². The first-order valence-corrected chi connectivity index (χ1v) is 6.12. The van der Waals surface area contributed by atoms with Gasteiger partial charge in [0.2, 0.25) is 0 Å². The minimum atomic E-state index is 0.840. The Balaban J connectivity index is 2.40. The molecular weight excluding hydrogens is 180 g/mol. The summed E-state index contributed by atoms with van der Waals surface area (Å²) in [6, 6.07) is 0. The molecule has 0 aliphatic carbocycles. The number of nitrogens with two attached hydrogens (primary N) is 1. The third-order valence-corrected chi connectivity index (χ3v) is 3.38. The van der Waals surface area contributed by atoms with Crippen LogP contribution in [0.25, 0.3) is 0 Å². The minimum Gasteiger partial charge on any atom is -0.330 e. The standard InChI is InChI=1S/C10H22N2S/c11-5-4-8-12(9-10-13)6-2-1-3-7-12/h1-11H2/p+1. The van der Waals surface area contributed by atoms with Crippen LogP contribution >= 0.6 is 12.6 Å². The van der Waals surface area contributed by atoms with Gasteiger partial charge in [-0.2, -0.15) is 12.6 Å². The molecule has 78 valence electrons. The lowest BCUT2D eigenvalue weighted by atomic mass is 10.1. The molecule has 0 bridgehead atoms. The minimum absolute atomic E-state index is 0.840. The van der Waals surface area contributed by atoms with E-state index in [2.05, 4.69) is 12.6 Å². The summed E-state index contributed by atoms with van der Waals surface area (Å²) in [5.74, 6) is 1.02. The van der Waals surface area contributed by atoms with E-state index in [1.165, 1.54) is 56.3 Å². The van der Waals surface area contributed by atoms with Gasteiger partial charge in [-0.1, -0.05) is 0 Å². The molecule has 0 saturated carbocycles. The van der Waals surface area contributed by atoms with Crippen molar-refractivity contribution in [2.75, 3.05) is 38.5 Å². The van der Waals surface area contributed by atoms with E-state index >= 15 is 0 Å². The molecule has 0 radical (unpaired) electrons. The van der Waals surface area contributed by atoms with Crippen molar-refractivity contribution in [3.05, 3.63) is 0 Å². The van der Waals surface area contributed by atoms with E-state index in [1.54, 1.807) is 0 Å². The van der Waals surface area contributed by atoms with E-state index in [0.717, 1.165) is 12.3 Å². The second-order valence-corrected chi connectivity index (χ2v) is 4.61. The Hall–Kier alpha value is 0.270. The smallest absolute Gasteiger partial charge is 0.0876 e. The zero-order chi connectivity index (χ0) is 9.57. The van der Waals surface area contributed by atoms with Crippen molar-refractivity contribution in [1.82, 2.24) is 0 Å². The highest BCUT2D eigenvalue weighted by Gasteiger charge is 2.27. The molecule has 1 aliphatic heterocycles. The average molecular weight is 203 g/mol. The van der Waals surface area contributed by atoms with Crippen LogP contribution < -0.4 is 5.73 Å². The maximum absolute atomic E-state index is 5.57. The van der Waals surface area contributed by atoms with Gasteiger partial charge in [0, 0.05) is 12.2 Å². The summed E-state index contributed by atoms with van der Waals surface area (Å²) in [6.45, 7) is 6.08. The van der Waals surface area contributed by atoms with E-state index in [9.17, 15) is 0 Å². The molecule has 0 atom stereocenters. The Labute approximate surface area is 87.5 Å². The van der Waals surface area contributed by atoms with E-state index in [1.807, 2.05) is 0 Å². The number of thiol groups is 1. The molecule has 3 heteroatoms. The number of quaternary nitrogens is 1. The molecule has 13 heavy (non-hydrogen) atoms. The van der Waals surface area contributed by atoms with Gasteiger partial charge in [-0.05, 0) is 25.8 Å².